The quantitative estimate of drug-likeness (QED) is 0.703. The van der Waals surface area contributed by atoms with Crippen molar-refractivity contribution < 1.29 is 9.90 Å². The summed E-state index contributed by atoms with van der Waals surface area (Å²) in [5.41, 5.74) is 2.27. The predicted octanol–water partition coefficient (Wildman–Crippen LogP) is 1.50. The van der Waals surface area contributed by atoms with E-state index in [9.17, 15) is 9.90 Å². The van der Waals surface area contributed by atoms with Crippen molar-refractivity contribution in [2.45, 2.75) is 31.7 Å². The number of phenols is 1. The SMILES string of the molecule is O=C(NCCNC1CCc2c(O)cccc21)C1CC1. The first-order valence-electron chi connectivity index (χ1n) is 7.07. The standard InChI is InChI=1S/C15H20N2O2/c18-14-3-1-2-11-12(14)6-7-13(11)16-8-9-17-15(19)10-4-5-10/h1-3,10,13,16,18H,4-9H2,(H,17,19). The molecule has 0 spiro atoms. The van der Waals surface area contributed by atoms with E-state index in [0.29, 0.717) is 18.3 Å². The molecule has 0 saturated heterocycles. The lowest BCUT2D eigenvalue weighted by Crippen LogP contribution is -2.33. The molecule has 0 aromatic heterocycles. The van der Waals surface area contributed by atoms with E-state index in [1.807, 2.05) is 6.07 Å². The molecule has 1 atom stereocenters. The maximum Gasteiger partial charge on any atom is 0.223 e. The van der Waals surface area contributed by atoms with Crippen LogP contribution in [0.5, 0.6) is 5.75 Å². The molecule has 1 aromatic carbocycles. The highest BCUT2D eigenvalue weighted by Crippen LogP contribution is 2.36. The summed E-state index contributed by atoms with van der Waals surface area (Å²) in [6.45, 7) is 1.46. The van der Waals surface area contributed by atoms with Crippen molar-refractivity contribution in [3.63, 3.8) is 0 Å². The number of hydrogen-bond donors (Lipinski definition) is 3. The third kappa shape index (κ3) is 2.73. The first kappa shape index (κ1) is 12.5. The van der Waals surface area contributed by atoms with Crippen LogP contribution in [0.25, 0.3) is 0 Å². The van der Waals surface area contributed by atoms with Crippen LogP contribution >= 0.6 is 0 Å². The van der Waals surface area contributed by atoms with Crippen LogP contribution in [0.3, 0.4) is 0 Å². The monoisotopic (exact) mass is 260 g/mol. The molecule has 1 aromatic rings. The molecule has 0 aliphatic heterocycles. The highest BCUT2D eigenvalue weighted by Gasteiger charge is 2.29. The Morgan fingerprint density at radius 1 is 1.26 bits per heavy atom. The van der Waals surface area contributed by atoms with Gasteiger partial charge in [-0.2, -0.15) is 0 Å². The Kier molecular flexibility index (Phi) is 3.42. The smallest absolute Gasteiger partial charge is 0.223 e. The van der Waals surface area contributed by atoms with Gasteiger partial charge < -0.3 is 15.7 Å². The highest BCUT2D eigenvalue weighted by atomic mass is 16.3. The number of fused-ring (bicyclic) bond motifs is 1. The number of rotatable bonds is 5. The molecule has 1 unspecified atom stereocenters. The van der Waals surface area contributed by atoms with Crippen molar-refractivity contribution in [1.29, 1.82) is 0 Å². The maximum atomic E-state index is 11.5. The van der Waals surface area contributed by atoms with Gasteiger partial charge in [-0.25, -0.2) is 0 Å². The van der Waals surface area contributed by atoms with Crippen LogP contribution in [-0.2, 0) is 11.2 Å². The van der Waals surface area contributed by atoms with E-state index in [1.54, 1.807) is 6.07 Å². The number of hydrogen-bond acceptors (Lipinski definition) is 3. The van der Waals surface area contributed by atoms with E-state index < -0.39 is 0 Å². The van der Waals surface area contributed by atoms with Crippen molar-refractivity contribution in [3.8, 4) is 5.75 Å². The Morgan fingerprint density at radius 3 is 2.89 bits per heavy atom. The molecular weight excluding hydrogens is 240 g/mol. The molecule has 2 aliphatic carbocycles. The van der Waals surface area contributed by atoms with Gasteiger partial charge >= 0.3 is 0 Å². The van der Waals surface area contributed by atoms with Crippen molar-refractivity contribution in [2.24, 2.45) is 5.92 Å². The average molecular weight is 260 g/mol. The van der Waals surface area contributed by atoms with Crippen molar-refractivity contribution in [1.82, 2.24) is 10.6 Å². The Balaban J connectivity index is 1.47. The van der Waals surface area contributed by atoms with E-state index in [1.165, 1.54) is 5.56 Å². The number of carbonyl (C=O) groups excluding carboxylic acids is 1. The van der Waals surface area contributed by atoms with Crippen LogP contribution in [0.4, 0.5) is 0 Å². The summed E-state index contributed by atoms with van der Waals surface area (Å²) in [5.74, 6) is 0.888. The molecular formula is C15H20N2O2. The molecule has 1 saturated carbocycles. The average Bonchev–Trinajstić information content (AvgIpc) is 3.17. The molecule has 2 aliphatic rings. The summed E-state index contributed by atoms with van der Waals surface area (Å²) in [4.78, 5) is 11.5. The van der Waals surface area contributed by atoms with E-state index >= 15 is 0 Å². The van der Waals surface area contributed by atoms with Gasteiger partial charge in [-0.1, -0.05) is 12.1 Å². The lowest BCUT2D eigenvalue weighted by atomic mass is 10.1. The van der Waals surface area contributed by atoms with Crippen LogP contribution in [0, 0.1) is 5.92 Å². The second-order valence-corrected chi connectivity index (χ2v) is 5.46. The largest absolute Gasteiger partial charge is 0.508 e. The fourth-order valence-electron chi connectivity index (χ4n) is 2.77. The number of phenolic OH excluding ortho intramolecular Hbond substituents is 1. The van der Waals surface area contributed by atoms with E-state index in [0.717, 1.165) is 37.8 Å². The second-order valence-electron chi connectivity index (χ2n) is 5.46. The van der Waals surface area contributed by atoms with Gasteiger partial charge in [-0.15, -0.1) is 0 Å². The Bertz CT molecular complexity index is 483. The van der Waals surface area contributed by atoms with Crippen molar-refractivity contribution in [2.75, 3.05) is 13.1 Å². The molecule has 19 heavy (non-hydrogen) atoms. The fourth-order valence-corrected chi connectivity index (χ4v) is 2.77. The second kappa shape index (κ2) is 5.21. The van der Waals surface area contributed by atoms with E-state index in [4.69, 9.17) is 0 Å². The summed E-state index contributed by atoms with van der Waals surface area (Å²) < 4.78 is 0. The van der Waals surface area contributed by atoms with E-state index in [2.05, 4.69) is 16.7 Å². The van der Waals surface area contributed by atoms with Gasteiger partial charge in [0.25, 0.3) is 0 Å². The lowest BCUT2D eigenvalue weighted by Gasteiger charge is -2.14. The third-order valence-corrected chi connectivity index (χ3v) is 4.01. The van der Waals surface area contributed by atoms with Crippen LogP contribution in [0.2, 0.25) is 0 Å². The highest BCUT2D eigenvalue weighted by molar-refractivity contribution is 5.80. The predicted molar refractivity (Wildman–Crippen MR) is 72.9 cm³/mol. The molecule has 0 bridgehead atoms. The summed E-state index contributed by atoms with van der Waals surface area (Å²) >= 11 is 0. The first-order valence-corrected chi connectivity index (χ1v) is 7.07. The summed E-state index contributed by atoms with van der Waals surface area (Å²) in [6.07, 6.45) is 4.04. The number of carbonyl (C=O) groups is 1. The van der Waals surface area contributed by atoms with Crippen LogP contribution in [0.1, 0.15) is 36.4 Å². The third-order valence-electron chi connectivity index (χ3n) is 4.01. The Hall–Kier alpha value is -1.55. The van der Waals surface area contributed by atoms with Crippen LogP contribution in [-0.4, -0.2) is 24.1 Å². The Morgan fingerprint density at radius 2 is 2.11 bits per heavy atom. The molecule has 1 amide bonds. The zero-order valence-corrected chi connectivity index (χ0v) is 11.0. The molecule has 3 rings (SSSR count). The number of amides is 1. The fraction of sp³-hybridized carbons (Fsp3) is 0.533. The molecule has 1 fully saturated rings. The zero-order valence-electron chi connectivity index (χ0n) is 11.0. The molecule has 4 nitrogen and oxygen atoms in total. The maximum absolute atomic E-state index is 11.5. The number of benzene rings is 1. The summed E-state index contributed by atoms with van der Waals surface area (Å²) in [6, 6.07) is 6.02. The molecule has 3 N–H and O–H groups in total. The van der Waals surface area contributed by atoms with E-state index in [-0.39, 0.29) is 11.8 Å². The topological polar surface area (TPSA) is 61.4 Å². The van der Waals surface area contributed by atoms with Crippen molar-refractivity contribution in [3.05, 3.63) is 29.3 Å². The Labute approximate surface area is 113 Å². The van der Waals surface area contributed by atoms with Crippen molar-refractivity contribution >= 4 is 5.91 Å². The number of aromatic hydroxyl groups is 1. The summed E-state index contributed by atoms with van der Waals surface area (Å²) in [5, 5.41) is 16.2. The normalized spacial score (nSPS) is 21.2. The summed E-state index contributed by atoms with van der Waals surface area (Å²) in [7, 11) is 0. The van der Waals surface area contributed by atoms with Crippen LogP contribution < -0.4 is 10.6 Å². The number of nitrogens with one attached hydrogen (secondary N) is 2. The first-order chi connectivity index (χ1) is 9.25. The lowest BCUT2D eigenvalue weighted by molar-refractivity contribution is -0.122. The zero-order chi connectivity index (χ0) is 13.2. The minimum absolute atomic E-state index is 0.200. The van der Waals surface area contributed by atoms with Gasteiger partial charge in [0, 0.05) is 25.0 Å². The minimum atomic E-state index is 0.200. The van der Waals surface area contributed by atoms with Gasteiger partial charge in [0.05, 0.1) is 0 Å². The molecule has 0 heterocycles. The van der Waals surface area contributed by atoms with Gasteiger partial charge in [-0.05, 0) is 42.9 Å². The van der Waals surface area contributed by atoms with Gasteiger partial charge in [0.15, 0.2) is 0 Å². The molecule has 0 radical (unpaired) electrons. The minimum Gasteiger partial charge on any atom is -0.508 e. The van der Waals surface area contributed by atoms with Crippen LogP contribution in [0.15, 0.2) is 18.2 Å². The molecule has 102 valence electrons. The molecule has 4 heteroatoms. The van der Waals surface area contributed by atoms with Gasteiger partial charge in [0.2, 0.25) is 5.91 Å². The van der Waals surface area contributed by atoms with Gasteiger partial charge in [-0.3, -0.25) is 4.79 Å². The van der Waals surface area contributed by atoms with Gasteiger partial charge in [0.1, 0.15) is 5.75 Å².